The molecule has 0 saturated carbocycles. The van der Waals surface area contributed by atoms with Crippen molar-refractivity contribution in [3.8, 4) is 0 Å². The van der Waals surface area contributed by atoms with Gasteiger partial charge in [0, 0.05) is 19.3 Å². The van der Waals surface area contributed by atoms with E-state index in [9.17, 15) is 4.39 Å². The highest BCUT2D eigenvalue weighted by Gasteiger charge is 2.05. The maximum absolute atomic E-state index is 13.2. The first-order valence-electron chi connectivity index (χ1n) is 5.72. The Morgan fingerprint density at radius 3 is 2.83 bits per heavy atom. The van der Waals surface area contributed by atoms with Gasteiger partial charge in [-0.05, 0) is 30.2 Å². The molecular weight excluding hydrogens is 251 g/mol. The summed E-state index contributed by atoms with van der Waals surface area (Å²) in [5.74, 6) is -0.384. The summed E-state index contributed by atoms with van der Waals surface area (Å²) in [5, 5.41) is 3.40. The van der Waals surface area contributed by atoms with Crippen molar-refractivity contribution in [2.24, 2.45) is 0 Å². The van der Waals surface area contributed by atoms with Gasteiger partial charge in [0.15, 0.2) is 0 Å². The van der Waals surface area contributed by atoms with Gasteiger partial charge in [0.25, 0.3) is 0 Å². The van der Waals surface area contributed by atoms with E-state index in [1.165, 1.54) is 6.07 Å². The molecule has 2 aromatic rings. The van der Waals surface area contributed by atoms with Gasteiger partial charge in [-0.25, -0.2) is 4.39 Å². The van der Waals surface area contributed by atoms with E-state index in [1.54, 1.807) is 12.3 Å². The largest absolute Gasteiger partial charge is 0.307 e. The van der Waals surface area contributed by atoms with Gasteiger partial charge in [-0.2, -0.15) is 0 Å². The highest BCUT2D eigenvalue weighted by molar-refractivity contribution is 6.31. The second kappa shape index (κ2) is 5.94. The summed E-state index contributed by atoms with van der Waals surface area (Å²) in [4.78, 5) is 4.28. The molecule has 2 rings (SSSR count). The Kier molecular flexibility index (Phi) is 4.28. The minimum Gasteiger partial charge on any atom is -0.307 e. The molecule has 0 radical (unpaired) electrons. The van der Waals surface area contributed by atoms with E-state index < -0.39 is 0 Å². The SMILES string of the molecule is Cc1cccnc1CNCc1cccc(F)c1Cl. The molecular formula is C14H14ClFN2. The standard InChI is InChI=1S/C14H14ClFN2/c1-10-4-3-7-18-13(10)9-17-8-11-5-2-6-12(16)14(11)15/h2-7,17H,8-9H2,1H3. The molecule has 0 atom stereocenters. The fourth-order valence-electron chi connectivity index (χ4n) is 1.70. The van der Waals surface area contributed by atoms with Crippen molar-refractivity contribution in [2.75, 3.05) is 0 Å². The fourth-order valence-corrected chi connectivity index (χ4v) is 1.90. The fraction of sp³-hybridized carbons (Fsp3) is 0.214. The van der Waals surface area contributed by atoms with Gasteiger partial charge in [0.2, 0.25) is 0 Å². The number of hydrogen-bond acceptors (Lipinski definition) is 2. The van der Waals surface area contributed by atoms with Crippen LogP contribution in [0.1, 0.15) is 16.8 Å². The molecule has 1 aromatic heterocycles. The van der Waals surface area contributed by atoms with Crippen molar-refractivity contribution in [1.29, 1.82) is 0 Å². The Bertz CT molecular complexity index is 543. The van der Waals surface area contributed by atoms with E-state index in [4.69, 9.17) is 11.6 Å². The zero-order valence-corrected chi connectivity index (χ0v) is 10.8. The highest BCUT2D eigenvalue weighted by atomic mass is 35.5. The highest BCUT2D eigenvalue weighted by Crippen LogP contribution is 2.19. The minimum absolute atomic E-state index is 0.183. The second-order valence-electron chi connectivity index (χ2n) is 4.08. The molecule has 0 spiro atoms. The van der Waals surface area contributed by atoms with Gasteiger partial charge in [0.05, 0.1) is 10.7 Å². The maximum atomic E-state index is 13.2. The van der Waals surface area contributed by atoms with E-state index in [-0.39, 0.29) is 10.8 Å². The topological polar surface area (TPSA) is 24.9 Å². The summed E-state index contributed by atoms with van der Waals surface area (Å²) in [6.45, 7) is 3.17. The molecule has 0 unspecified atom stereocenters. The van der Waals surface area contributed by atoms with Crippen LogP contribution in [-0.2, 0) is 13.1 Å². The van der Waals surface area contributed by atoms with E-state index in [0.717, 1.165) is 16.8 Å². The van der Waals surface area contributed by atoms with Crippen LogP contribution < -0.4 is 5.32 Å². The number of rotatable bonds is 4. The zero-order valence-electron chi connectivity index (χ0n) is 10.1. The van der Waals surface area contributed by atoms with Crippen molar-refractivity contribution < 1.29 is 4.39 Å². The molecule has 0 aliphatic heterocycles. The van der Waals surface area contributed by atoms with E-state index in [2.05, 4.69) is 10.3 Å². The van der Waals surface area contributed by atoms with Crippen LogP contribution in [0.15, 0.2) is 36.5 Å². The first-order valence-corrected chi connectivity index (χ1v) is 6.10. The molecule has 18 heavy (non-hydrogen) atoms. The number of pyridine rings is 1. The van der Waals surface area contributed by atoms with Gasteiger partial charge in [-0.1, -0.05) is 29.8 Å². The van der Waals surface area contributed by atoms with Crippen molar-refractivity contribution in [1.82, 2.24) is 10.3 Å². The van der Waals surface area contributed by atoms with Crippen LogP contribution in [0.25, 0.3) is 0 Å². The Hall–Kier alpha value is -1.45. The number of aryl methyl sites for hydroxylation is 1. The number of nitrogens with zero attached hydrogens (tertiary/aromatic N) is 1. The Labute approximate surface area is 111 Å². The zero-order chi connectivity index (χ0) is 13.0. The smallest absolute Gasteiger partial charge is 0.142 e. The molecule has 1 N–H and O–H groups in total. The van der Waals surface area contributed by atoms with E-state index >= 15 is 0 Å². The lowest BCUT2D eigenvalue weighted by Gasteiger charge is -2.08. The molecule has 1 aromatic carbocycles. The molecule has 0 bridgehead atoms. The van der Waals surface area contributed by atoms with Crippen molar-refractivity contribution >= 4 is 11.6 Å². The Morgan fingerprint density at radius 1 is 1.22 bits per heavy atom. The first-order chi connectivity index (χ1) is 8.68. The third-order valence-corrected chi connectivity index (χ3v) is 3.18. The van der Waals surface area contributed by atoms with Crippen LogP contribution >= 0.6 is 11.6 Å². The average molecular weight is 265 g/mol. The molecule has 94 valence electrons. The predicted octanol–water partition coefficient (Wildman–Crippen LogP) is 3.47. The van der Waals surface area contributed by atoms with Crippen molar-refractivity contribution in [3.05, 3.63) is 64.2 Å². The van der Waals surface area contributed by atoms with Crippen LogP contribution in [0.4, 0.5) is 4.39 Å². The van der Waals surface area contributed by atoms with Crippen LogP contribution in [0, 0.1) is 12.7 Å². The van der Waals surface area contributed by atoms with Crippen molar-refractivity contribution in [2.45, 2.75) is 20.0 Å². The van der Waals surface area contributed by atoms with Gasteiger partial charge < -0.3 is 5.32 Å². The van der Waals surface area contributed by atoms with Crippen LogP contribution in [0.2, 0.25) is 5.02 Å². The molecule has 0 amide bonds. The summed E-state index contributed by atoms with van der Waals surface area (Å²) in [6, 6.07) is 8.74. The predicted molar refractivity (Wildman–Crippen MR) is 70.9 cm³/mol. The van der Waals surface area contributed by atoms with E-state index in [0.29, 0.717) is 13.1 Å². The van der Waals surface area contributed by atoms with Gasteiger partial charge in [0.1, 0.15) is 5.82 Å². The Morgan fingerprint density at radius 2 is 2.06 bits per heavy atom. The summed E-state index contributed by atoms with van der Waals surface area (Å²) < 4.78 is 13.2. The quantitative estimate of drug-likeness (QED) is 0.915. The number of benzene rings is 1. The molecule has 4 heteroatoms. The van der Waals surface area contributed by atoms with Crippen molar-refractivity contribution in [3.63, 3.8) is 0 Å². The summed E-state index contributed by atoms with van der Waals surface area (Å²) in [6.07, 6.45) is 1.76. The minimum atomic E-state index is -0.384. The van der Waals surface area contributed by atoms with Gasteiger partial charge in [-0.3, -0.25) is 4.98 Å². The van der Waals surface area contributed by atoms with Crippen LogP contribution in [0.3, 0.4) is 0 Å². The van der Waals surface area contributed by atoms with Crippen LogP contribution in [-0.4, -0.2) is 4.98 Å². The van der Waals surface area contributed by atoms with Gasteiger partial charge >= 0.3 is 0 Å². The second-order valence-corrected chi connectivity index (χ2v) is 4.46. The number of nitrogens with one attached hydrogen (secondary N) is 1. The summed E-state index contributed by atoms with van der Waals surface area (Å²) in [5.41, 5.74) is 2.88. The van der Waals surface area contributed by atoms with Gasteiger partial charge in [-0.15, -0.1) is 0 Å². The lowest BCUT2D eigenvalue weighted by molar-refractivity contribution is 0.619. The first kappa shape index (κ1) is 13.0. The Balaban J connectivity index is 1.97. The molecule has 0 saturated heterocycles. The molecule has 2 nitrogen and oxygen atoms in total. The lowest BCUT2D eigenvalue weighted by atomic mass is 10.2. The normalized spacial score (nSPS) is 10.6. The maximum Gasteiger partial charge on any atom is 0.142 e. The third-order valence-electron chi connectivity index (χ3n) is 2.76. The van der Waals surface area contributed by atoms with E-state index in [1.807, 2.05) is 25.1 Å². The average Bonchev–Trinajstić information content (AvgIpc) is 2.37. The molecule has 1 heterocycles. The molecule has 0 aliphatic rings. The lowest BCUT2D eigenvalue weighted by Crippen LogP contribution is -2.15. The summed E-state index contributed by atoms with van der Waals surface area (Å²) >= 11 is 5.88. The molecule has 0 fully saturated rings. The third kappa shape index (κ3) is 3.06. The number of hydrogen-bond donors (Lipinski definition) is 1. The number of aromatic nitrogens is 1. The molecule has 0 aliphatic carbocycles. The monoisotopic (exact) mass is 264 g/mol. The summed E-state index contributed by atoms with van der Waals surface area (Å²) in [7, 11) is 0. The van der Waals surface area contributed by atoms with Crippen LogP contribution in [0.5, 0.6) is 0 Å². The number of halogens is 2.